The summed E-state index contributed by atoms with van der Waals surface area (Å²) in [6.45, 7) is 13.8. The number of allylic oxidation sites excluding steroid dienone is 2. The SMILES string of the molecule is CCNC12CCC[C@@H]1[C@H]1CCC3[C@@](C)(CCC4C(C)(C)C(c5ccc(C(=O)O)cc5)=CC[C@@]43C)C1CC2. The topological polar surface area (TPSA) is 49.3 Å². The zero-order valence-corrected chi connectivity index (χ0v) is 23.9. The molecule has 8 atom stereocenters. The Kier molecular flexibility index (Phi) is 6.03. The van der Waals surface area contributed by atoms with Gasteiger partial charge in [-0.15, -0.1) is 0 Å². The number of aromatic carboxylic acids is 1. The maximum absolute atomic E-state index is 11.4. The van der Waals surface area contributed by atoms with E-state index in [9.17, 15) is 9.90 Å². The van der Waals surface area contributed by atoms with Crippen molar-refractivity contribution in [3.8, 4) is 0 Å². The number of carboxylic acid groups (broad SMARTS) is 1. The summed E-state index contributed by atoms with van der Waals surface area (Å²) >= 11 is 0. The molecular weight excluding hydrogens is 454 g/mol. The summed E-state index contributed by atoms with van der Waals surface area (Å²) < 4.78 is 0. The van der Waals surface area contributed by atoms with Gasteiger partial charge in [-0.25, -0.2) is 4.79 Å². The van der Waals surface area contributed by atoms with Crippen LogP contribution < -0.4 is 5.32 Å². The molecule has 0 heterocycles. The van der Waals surface area contributed by atoms with Gasteiger partial charge in [0.1, 0.15) is 0 Å². The number of hydrogen-bond acceptors (Lipinski definition) is 2. The number of carbonyl (C=O) groups is 1. The molecule has 4 fully saturated rings. The molecule has 4 saturated carbocycles. The second kappa shape index (κ2) is 8.70. The lowest BCUT2D eigenvalue weighted by atomic mass is 9.37. The first-order chi connectivity index (χ1) is 17.6. The van der Waals surface area contributed by atoms with Crippen molar-refractivity contribution in [2.24, 2.45) is 45.8 Å². The highest BCUT2D eigenvalue weighted by Crippen LogP contribution is 2.72. The third-order valence-electron chi connectivity index (χ3n) is 13.1. The van der Waals surface area contributed by atoms with E-state index in [2.05, 4.69) is 46.0 Å². The normalized spacial score (nSPS) is 44.1. The summed E-state index contributed by atoms with van der Waals surface area (Å²) in [7, 11) is 0. The molecule has 1 aromatic rings. The maximum Gasteiger partial charge on any atom is 0.335 e. The molecule has 3 heteroatoms. The quantitative estimate of drug-likeness (QED) is 0.435. The number of benzene rings is 1. The number of nitrogens with one attached hydrogen (secondary N) is 1. The summed E-state index contributed by atoms with van der Waals surface area (Å²) in [5, 5.41) is 13.4. The number of rotatable bonds is 4. The average molecular weight is 504 g/mol. The zero-order valence-electron chi connectivity index (χ0n) is 23.9. The first-order valence-electron chi connectivity index (χ1n) is 15.4. The van der Waals surface area contributed by atoms with E-state index in [1.807, 2.05) is 12.1 Å². The van der Waals surface area contributed by atoms with E-state index in [0.29, 0.717) is 27.9 Å². The van der Waals surface area contributed by atoms with Gasteiger partial charge in [-0.1, -0.05) is 59.2 Å². The highest BCUT2D eigenvalue weighted by molar-refractivity contribution is 5.88. The van der Waals surface area contributed by atoms with Crippen LogP contribution in [0.4, 0.5) is 0 Å². The minimum Gasteiger partial charge on any atom is -0.478 e. The predicted molar refractivity (Wildman–Crippen MR) is 151 cm³/mol. The van der Waals surface area contributed by atoms with Crippen LogP contribution >= 0.6 is 0 Å². The van der Waals surface area contributed by atoms with E-state index in [-0.39, 0.29) is 5.41 Å². The molecular formula is C34H49NO2. The summed E-state index contributed by atoms with van der Waals surface area (Å²) in [5.74, 6) is 3.35. The van der Waals surface area contributed by atoms with Gasteiger partial charge in [-0.3, -0.25) is 0 Å². The lowest BCUT2D eigenvalue weighted by Crippen LogP contribution is -2.63. The van der Waals surface area contributed by atoms with Gasteiger partial charge in [0.2, 0.25) is 0 Å². The fourth-order valence-corrected chi connectivity index (χ4v) is 11.8. The molecule has 5 aliphatic rings. The zero-order chi connectivity index (χ0) is 26.2. The van der Waals surface area contributed by atoms with E-state index < -0.39 is 5.97 Å². The lowest BCUT2D eigenvalue weighted by molar-refractivity contribution is -0.172. The molecule has 0 aromatic heterocycles. The standard InChI is InChI=1S/C34H49NO2/c1-6-35-34-18-7-8-27(34)24-13-14-29-32(4,26(24)16-21-34)20-17-28-31(2,3)25(15-19-33(28,29)5)22-9-11-23(12-10-22)30(36)37/h9-12,15,24,26-29,35H,6-8,13-14,16-21H2,1-5H3,(H,36,37)/t24-,26?,27+,28?,29?,32-,33-,34?/m0/s1. The van der Waals surface area contributed by atoms with Crippen molar-refractivity contribution in [3.05, 3.63) is 41.5 Å². The van der Waals surface area contributed by atoms with Crippen LogP contribution in [0.5, 0.6) is 0 Å². The van der Waals surface area contributed by atoms with Gasteiger partial charge in [-0.05, 0) is 133 Å². The predicted octanol–water partition coefficient (Wildman–Crippen LogP) is 8.21. The third kappa shape index (κ3) is 3.58. The molecule has 0 bridgehead atoms. The number of fused-ring (bicyclic) bond motifs is 7. The maximum atomic E-state index is 11.4. The monoisotopic (exact) mass is 503 g/mol. The van der Waals surface area contributed by atoms with Crippen LogP contribution in [-0.2, 0) is 0 Å². The van der Waals surface area contributed by atoms with Crippen molar-refractivity contribution in [1.82, 2.24) is 5.32 Å². The van der Waals surface area contributed by atoms with Gasteiger partial charge < -0.3 is 10.4 Å². The Morgan fingerprint density at radius 1 is 0.892 bits per heavy atom. The van der Waals surface area contributed by atoms with E-state index >= 15 is 0 Å². The average Bonchev–Trinajstić information content (AvgIpc) is 3.28. The van der Waals surface area contributed by atoms with Crippen molar-refractivity contribution in [2.75, 3.05) is 6.54 Å². The summed E-state index contributed by atoms with van der Waals surface area (Å²) in [5.41, 5.74) is 4.37. The second-order valence-corrected chi connectivity index (χ2v) is 14.7. The summed E-state index contributed by atoms with van der Waals surface area (Å²) in [6, 6.07) is 7.64. The van der Waals surface area contributed by atoms with Crippen LogP contribution in [-0.4, -0.2) is 23.2 Å². The highest BCUT2D eigenvalue weighted by Gasteiger charge is 2.65. The first-order valence-corrected chi connectivity index (χ1v) is 15.4. The Morgan fingerprint density at radius 3 is 2.35 bits per heavy atom. The van der Waals surface area contributed by atoms with Gasteiger partial charge in [0.05, 0.1) is 5.56 Å². The van der Waals surface area contributed by atoms with Crippen molar-refractivity contribution >= 4 is 11.5 Å². The van der Waals surface area contributed by atoms with Crippen LogP contribution in [0.1, 0.15) is 115 Å². The van der Waals surface area contributed by atoms with Crippen molar-refractivity contribution in [2.45, 2.75) is 104 Å². The van der Waals surface area contributed by atoms with Gasteiger partial charge in [0.15, 0.2) is 0 Å². The molecule has 2 N–H and O–H groups in total. The number of hydrogen-bond donors (Lipinski definition) is 2. The van der Waals surface area contributed by atoms with Crippen molar-refractivity contribution in [3.63, 3.8) is 0 Å². The van der Waals surface area contributed by atoms with E-state index in [0.717, 1.165) is 30.2 Å². The molecule has 5 aliphatic carbocycles. The Hall–Kier alpha value is -1.61. The minimum atomic E-state index is -0.846. The van der Waals surface area contributed by atoms with E-state index in [4.69, 9.17) is 0 Å². The molecule has 0 aliphatic heterocycles. The molecule has 4 unspecified atom stereocenters. The van der Waals surface area contributed by atoms with Gasteiger partial charge in [0.25, 0.3) is 0 Å². The fraction of sp³-hybridized carbons (Fsp3) is 0.735. The summed E-state index contributed by atoms with van der Waals surface area (Å²) in [6.07, 6.45) is 16.4. The molecule has 1 aromatic carbocycles. The molecule has 0 amide bonds. The molecule has 202 valence electrons. The van der Waals surface area contributed by atoms with Crippen molar-refractivity contribution in [1.29, 1.82) is 0 Å². The van der Waals surface area contributed by atoms with E-state index in [1.54, 1.807) is 12.1 Å². The molecule has 3 nitrogen and oxygen atoms in total. The fourth-order valence-electron chi connectivity index (χ4n) is 11.8. The van der Waals surface area contributed by atoms with Crippen LogP contribution in [0.3, 0.4) is 0 Å². The van der Waals surface area contributed by atoms with Crippen molar-refractivity contribution < 1.29 is 9.90 Å². The van der Waals surface area contributed by atoms with Gasteiger partial charge in [0, 0.05) is 5.54 Å². The second-order valence-electron chi connectivity index (χ2n) is 14.7. The van der Waals surface area contributed by atoms with Crippen LogP contribution in [0.25, 0.3) is 5.57 Å². The molecule has 0 saturated heterocycles. The smallest absolute Gasteiger partial charge is 0.335 e. The largest absolute Gasteiger partial charge is 0.478 e. The Balaban J connectivity index is 1.31. The molecule has 37 heavy (non-hydrogen) atoms. The Labute approximate surface area is 224 Å². The summed E-state index contributed by atoms with van der Waals surface area (Å²) in [4.78, 5) is 11.4. The van der Waals surface area contributed by atoms with Crippen LogP contribution in [0, 0.1) is 45.8 Å². The van der Waals surface area contributed by atoms with Gasteiger partial charge in [-0.2, -0.15) is 0 Å². The number of carboxylic acids is 1. The minimum absolute atomic E-state index is 0.0914. The van der Waals surface area contributed by atoms with Crippen LogP contribution in [0.15, 0.2) is 30.3 Å². The molecule has 0 spiro atoms. The van der Waals surface area contributed by atoms with Gasteiger partial charge >= 0.3 is 5.97 Å². The molecule has 6 rings (SSSR count). The Morgan fingerprint density at radius 2 is 1.65 bits per heavy atom. The Bertz CT molecular complexity index is 1090. The van der Waals surface area contributed by atoms with E-state index in [1.165, 1.54) is 75.3 Å². The highest BCUT2D eigenvalue weighted by atomic mass is 16.4. The lowest BCUT2D eigenvalue weighted by Gasteiger charge is -2.68. The third-order valence-corrected chi connectivity index (χ3v) is 13.1. The molecule has 0 radical (unpaired) electrons. The first kappa shape index (κ1) is 25.7. The van der Waals surface area contributed by atoms with Crippen LogP contribution in [0.2, 0.25) is 0 Å².